The summed E-state index contributed by atoms with van der Waals surface area (Å²) >= 11 is 0. The smallest absolute Gasteiger partial charge is 0.315 e. The summed E-state index contributed by atoms with van der Waals surface area (Å²) in [5, 5.41) is 3.21. The van der Waals surface area contributed by atoms with Gasteiger partial charge in [-0.15, -0.1) is 0 Å². The first-order chi connectivity index (χ1) is 19.3. The van der Waals surface area contributed by atoms with Crippen molar-refractivity contribution in [2.24, 2.45) is 0 Å². The average Bonchev–Trinajstić information content (AvgIpc) is 3.01. The minimum atomic E-state index is -0.509. The topological polar surface area (TPSA) is 103 Å². The van der Waals surface area contributed by atoms with E-state index in [1.165, 1.54) is 19.8 Å². The van der Waals surface area contributed by atoms with Crippen LogP contribution in [0.3, 0.4) is 0 Å². The summed E-state index contributed by atoms with van der Waals surface area (Å²) in [5.74, 6) is 0.131. The van der Waals surface area contributed by atoms with Crippen LogP contribution in [0.4, 0.5) is 0 Å². The van der Waals surface area contributed by atoms with E-state index in [-0.39, 0.29) is 35.8 Å². The lowest BCUT2D eigenvalue weighted by Gasteiger charge is -2.38. The fraction of sp³-hybridized carbons (Fsp3) is 0.516. The number of aryl methyl sites for hydroxylation is 2. The number of ether oxygens (including phenoxy) is 4. The SMILES string of the molecule is CCC(=O)N(C)C1CCc2cccc(OC)c2C1C(=O)OC.CNC1CCc2cccc(OC)c2C1C(=O)OC. The molecule has 2 aliphatic carbocycles. The fourth-order valence-electron chi connectivity index (χ4n) is 5.99. The standard InChI is InChI=1S/C17H23NO4.C14H19NO3/c1-5-14(19)18(2)12-10-9-11-7-6-8-13(21-3)15(11)16(12)17(20)22-4;1-15-10-8-7-9-5-4-6-11(17-2)12(9)13(10)14(16)18-3/h6-8,12,16H,5,9-10H2,1-4H3;4-6,10,13,15H,7-8H2,1-3H3. The number of likely N-dealkylation sites (N-methyl/N-ethyl adjacent to an activating group) is 2. The molecule has 9 nitrogen and oxygen atoms in total. The summed E-state index contributed by atoms with van der Waals surface area (Å²) in [4.78, 5) is 38.2. The number of nitrogens with zero attached hydrogens (tertiary/aromatic N) is 1. The molecule has 40 heavy (non-hydrogen) atoms. The Balaban J connectivity index is 0.000000225. The van der Waals surface area contributed by atoms with Crippen LogP contribution in [0.2, 0.25) is 0 Å². The first-order valence-electron chi connectivity index (χ1n) is 13.7. The minimum Gasteiger partial charge on any atom is -0.496 e. The molecule has 0 aliphatic heterocycles. The second-order valence-corrected chi connectivity index (χ2v) is 9.97. The van der Waals surface area contributed by atoms with E-state index in [2.05, 4.69) is 11.4 Å². The van der Waals surface area contributed by atoms with Crippen molar-refractivity contribution in [3.05, 3.63) is 58.7 Å². The van der Waals surface area contributed by atoms with Crippen LogP contribution in [0, 0.1) is 0 Å². The number of esters is 2. The van der Waals surface area contributed by atoms with E-state index in [4.69, 9.17) is 18.9 Å². The van der Waals surface area contributed by atoms with E-state index in [0.717, 1.165) is 48.1 Å². The van der Waals surface area contributed by atoms with Gasteiger partial charge in [0.05, 0.1) is 28.4 Å². The number of amides is 1. The summed E-state index contributed by atoms with van der Waals surface area (Å²) in [6.07, 6.45) is 3.84. The van der Waals surface area contributed by atoms with Crippen molar-refractivity contribution in [1.29, 1.82) is 0 Å². The number of hydrogen-bond donors (Lipinski definition) is 1. The number of benzene rings is 2. The molecule has 0 heterocycles. The van der Waals surface area contributed by atoms with Gasteiger partial charge in [-0.3, -0.25) is 14.4 Å². The van der Waals surface area contributed by atoms with Gasteiger partial charge in [0.1, 0.15) is 23.3 Å². The number of methoxy groups -OCH3 is 4. The predicted molar refractivity (Wildman–Crippen MR) is 152 cm³/mol. The Morgan fingerprint density at radius 3 is 1.80 bits per heavy atom. The van der Waals surface area contributed by atoms with Gasteiger partial charge in [-0.25, -0.2) is 0 Å². The summed E-state index contributed by atoms with van der Waals surface area (Å²) in [6.45, 7) is 1.82. The van der Waals surface area contributed by atoms with Gasteiger partial charge in [0.25, 0.3) is 0 Å². The quantitative estimate of drug-likeness (QED) is 0.518. The maximum atomic E-state index is 12.4. The molecule has 0 saturated heterocycles. The number of carbonyl (C=O) groups excluding carboxylic acids is 3. The molecule has 4 unspecified atom stereocenters. The zero-order valence-corrected chi connectivity index (χ0v) is 24.6. The number of rotatable bonds is 7. The lowest BCUT2D eigenvalue weighted by Crippen LogP contribution is -2.46. The number of hydrogen-bond acceptors (Lipinski definition) is 8. The van der Waals surface area contributed by atoms with Crippen LogP contribution in [-0.4, -0.2) is 77.4 Å². The van der Waals surface area contributed by atoms with Crippen molar-refractivity contribution in [2.45, 2.75) is 62.9 Å². The Hall–Kier alpha value is -3.59. The summed E-state index contributed by atoms with van der Waals surface area (Å²) in [5.41, 5.74) is 4.08. The highest BCUT2D eigenvalue weighted by Gasteiger charge is 2.41. The highest BCUT2D eigenvalue weighted by atomic mass is 16.5. The van der Waals surface area contributed by atoms with Crippen LogP contribution < -0.4 is 14.8 Å². The van der Waals surface area contributed by atoms with Crippen molar-refractivity contribution in [3.8, 4) is 11.5 Å². The minimum absolute atomic E-state index is 0.0252. The lowest BCUT2D eigenvalue weighted by atomic mass is 9.78. The lowest BCUT2D eigenvalue weighted by molar-refractivity contribution is -0.146. The zero-order chi connectivity index (χ0) is 29.4. The van der Waals surface area contributed by atoms with E-state index in [1.807, 2.05) is 44.3 Å². The predicted octanol–water partition coefficient (Wildman–Crippen LogP) is 3.62. The Labute approximate surface area is 237 Å². The van der Waals surface area contributed by atoms with Gasteiger partial charge in [-0.05, 0) is 56.0 Å². The fourth-order valence-corrected chi connectivity index (χ4v) is 5.99. The average molecular weight is 555 g/mol. The highest BCUT2D eigenvalue weighted by Crippen LogP contribution is 2.41. The largest absolute Gasteiger partial charge is 0.496 e. The van der Waals surface area contributed by atoms with E-state index < -0.39 is 5.92 Å². The van der Waals surface area contributed by atoms with Crippen molar-refractivity contribution in [3.63, 3.8) is 0 Å². The van der Waals surface area contributed by atoms with Gasteiger partial charge in [0.15, 0.2) is 0 Å². The number of nitrogens with one attached hydrogen (secondary N) is 1. The van der Waals surface area contributed by atoms with Gasteiger partial charge in [-0.1, -0.05) is 31.2 Å². The van der Waals surface area contributed by atoms with E-state index in [0.29, 0.717) is 12.2 Å². The molecule has 0 fully saturated rings. The molecular formula is C31H42N2O7. The maximum Gasteiger partial charge on any atom is 0.315 e. The summed E-state index contributed by atoms with van der Waals surface area (Å²) in [7, 11) is 9.67. The number of carbonyl (C=O) groups is 3. The molecule has 2 aromatic rings. The molecule has 1 N–H and O–H groups in total. The highest BCUT2D eigenvalue weighted by molar-refractivity contribution is 5.84. The molecule has 4 rings (SSSR count). The molecule has 0 spiro atoms. The maximum absolute atomic E-state index is 12.4. The van der Waals surface area contributed by atoms with Crippen molar-refractivity contribution >= 4 is 17.8 Å². The molecule has 2 aromatic carbocycles. The Kier molecular flexibility index (Phi) is 11.0. The molecular weight excluding hydrogens is 512 g/mol. The Morgan fingerprint density at radius 2 is 1.32 bits per heavy atom. The monoisotopic (exact) mass is 554 g/mol. The molecule has 0 radical (unpaired) electrons. The molecule has 0 aromatic heterocycles. The van der Waals surface area contributed by atoms with E-state index in [9.17, 15) is 14.4 Å². The van der Waals surface area contributed by atoms with E-state index >= 15 is 0 Å². The molecule has 4 atom stereocenters. The molecule has 218 valence electrons. The molecule has 1 amide bonds. The summed E-state index contributed by atoms with van der Waals surface area (Å²) < 4.78 is 20.8. The van der Waals surface area contributed by atoms with Gasteiger partial charge in [0.2, 0.25) is 5.91 Å². The third kappa shape index (κ3) is 6.25. The molecule has 2 aliphatic rings. The van der Waals surface area contributed by atoms with Gasteiger partial charge < -0.3 is 29.2 Å². The summed E-state index contributed by atoms with van der Waals surface area (Å²) in [6, 6.07) is 11.6. The first kappa shape index (κ1) is 30.9. The Morgan fingerprint density at radius 1 is 0.825 bits per heavy atom. The van der Waals surface area contributed by atoms with Crippen LogP contribution in [0.25, 0.3) is 0 Å². The second-order valence-electron chi connectivity index (χ2n) is 9.97. The zero-order valence-electron chi connectivity index (χ0n) is 24.6. The van der Waals surface area contributed by atoms with E-state index in [1.54, 1.807) is 26.2 Å². The van der Waals surface area contributed by atoms with Crippen LogP contribution >= 0.6 is 0 Å². The van der Waals surface area contributed by atoms with Gasteiger partial charge in [-0.2, -0.15) is 0 Å². The molecule has 0 bridgehead atoms. The third-order valence-electron chi connectivity index (χ3n) is 8.07. The number of fused-ring (bicyclic) bond motifs is 2. The van der Waals surface area contributed by atoms with Gasteiger partial charge >= 0.3 is 11.9 Å². The van der Waals surface area contributed by atoms with Crippen LogP contribution in [0.15, 0.2) is 36.4 Å². The first-order valence-corrected chi connectivity index (χ1v) is 13.7. The van der Waals surface area contributed by atoms with Crippen molar-refractivity contribution in [2.75, 3.05) is 42.5 Å². The third-order valence-corrected chi connectivity index (χ3v) is 8.07. The Bertz CT molecular complexity index is 1170. The van der Waals surface area contributed by atoms with Crippen molar-refractivity contribution in [1.82, 2.24) is 10.2 Å². The van der Waals surface area contributed by atoms with Crippen LogP contribution in [0.1, 0.15) is 60.3 Å². The second kappa shape index (κ2) is 14.2. The van der Waals surface area contributed by atoms with Gasteiger partial charge in [0, 0.05) is 36.7 Å². The van der Waals surface area contributed by atoms with Crippen LogP contribution in [-0.2, 0) is 36.7 Å². The molecule has 9 heteroatoms. The van der Waals surface area contributed by atoms with Crippen LogP contribution in [0.5, 0.6) is 11.5 Å². The molecule has 0 saturated carbocycles. The normalized spacial score (nSPS) is 21.0. The van der Waals surface area contributed by atoms with Crippen molar-refractivity contribution < 1.29 is 33.3 Å².